The minimum atomic E-state index is 0.0493. The molecule has 88 valence electrons. The molecule has 0 saturated heterocycles. The lowest BCUT2D eigenvalue weighted by molar-refractivity contribution is 0.281. The molecule has 0 bridgehead atoms. The lowest BCUT2D eigenvalue weighted by Gasteiger charge is -2.06. The number of rotatable bonds is 3. The van der Waals surface area contributed by atoms with Gasteiger partial charge in [-0.05, 0) is 18.1 Å². The molecule has 4 nitrogen and oxygen atoms in total. The van der Waals surface area contributed by atoms with Crippen molar-refractivity contribution < 1.29 is 5.11 Å². The average molecular weight is 229 g/mol. The van der Waals surface area contributed by atoms with Crippen molar-refractivity contribution in [2.24, 2.45) is 0 Å². The van der Waals surface area contributed by atoms with Gasteiger partial charge in [0.15, 0.2) is 0 Å². The Bertz CT molecular complexity index is 526. The van der Waals surface area contributed by atoms with Gasteiger partial charge in [-0.2, -0.15) is 0 Å². The second kappa shape index (κ2) is 4.93. The van der Waals surface area contributed by atoms with Gasteiger partial charge in [-0.15, -0.1) is 0 Å². The summed E-state index contributed by atoms with van der Waals surface area (Å²) in [5.41, 5.74) is 8.74. The largest absolute Gasteiger partial charge is 0.392 e. The summed E-state index contributed by atoms with van der Waals surface area (Å²) in [5.74, 6) is 1.20. The topological polar surface area (TPSA) is 72.0 Å². The Balaban J connectivity index is 2.25. The second-order valence-corrected chi connectivity index (χ2v) is 3.98. The highest BCUT2D eigenvalue weighted by molar-refractivity contribution is 5.41. The van der Waals surface area contributed by atoms with Crippen LogP contribution in [0.4, 0.5) is 5.82 Å². The fraction of sp³-hybridized carbons (Fsp3) is 0.231. The number of aliphatic hydroxyl groups excluding tert-OH is 1. The molecule has 0 unspecified atom stereocenters. The Hall–Kier alpha value is -1.94. The molecule has 1 aromatic heterocycles. The van der Waals surface area contributed by atoms with E-state index in [0.717, 1.165) is 16.7 Å². The molecule has 0 aliphatic rings. The Kier molecular flexibility index (Phi) is 3.35. The minimum Gasteiger partial charge on any atom is -0.392 e. The second-order valence-electron chi connectivity index (χ2n) is 3.98. The summed E-state index contributed by atoms with van der Waals surface area (Å²) in [5, 5.41) is 9.07. The summed E-state index contributed by atoms with van der Waals surface area (Å²) in [4.78, 5) is 8.27. The van der Waals surface area contributed by atoms with Gasteiger partial charge in [0.1, 0.15) is 11.6 Å². The maximum atomic E-state index is 9.07. The van der Waals surface area contributed by atoms with E-state index in [0.29, 0.717) is 18.1 Å². The van der Waals surface area contributed by atoms with Gasteiger partial charge in [0, 0.05) is 18.2 Å². The van der Waals surface area contributed by atoms with Crippen LogP contribution < -0.4 is 5.73 Å². The predicted molar refractivity (Wildman–Crippen MR) is 66.4 cm³/mol. The number of nitrogens with zero attached hydrogens (tertiary/aromatic N) is 2. The van der Waals surface area contributed by atoms with E-state index in [1.54, 1.807) is 6.20 Å². The molecular formula is C13H15N3O. The molecule has 0 aliphatic heterocycles. The first-order valence-electron chi connectivity index (χ1n) is 5.45. The molecule has 17 heavy (non-hydrogen) atoms. The van der Waals surface area contributed by atoms with Gasteiger partial charge in [-0.1, -0.05) is 24.3 Å². The maximum Gasteiger partial charge on any atom is 0.130 e. The highest BCUT2D eigenvalue weighted by Crippen LogP contribution is 2.15. The highest BCUT2D eigenvalue weighted by atomic mass is 16.3. The number of anilines is 1. The Morgan fingerprint density at radius 1 is 1.29 bits per heavy atom. The molecule has 2 rings (SSSR count). The van der Waals surface area contributed by atoms with E-state index in [1.165, 1.54) is 0 Å². The SMILES string of the molecule is Cc1ncc(Cc2cccc(CO)c2)c(N)n1. The first kappa shape index (κ1) is 11.5. The van der Waals surface area contributed by atoms with E-state index in [4.69, 9.17) is 10.8 Å². The summed E-state index contributed by atoms with van der Waals surface area (Å²) < 4.78 is 0. The molecular weight excluding hydrogens is 214 g/mol. The molecule has 0 spiro atoms. The number of benzene rings is 1. The van der Waals surface area contributed by atoms with Crippen molar-refractivity contribution in [3.8, 4) is 0 Å². The van der Waals surface area contributed by atoms with Crippen molar-refractivity contribution in [1.82, 2.24) is 9.97 Å². The molecule has 3 N–H and O–H groups in total. The standard InChI is InChI=1S/C13H15N3O/c1-9-15-7-12(13(14)16-9)6-10-3-2-4-11(5-10)8-17/h2-5,7,17H,6,8H2,1H3,(H2,14,15,16). The molecule has 0 aliphatic carbocycles. The molecule has 0 amide bonds. The van der Waals surface area contributed by atoms with Gasteiger partial charge in [0.05, 0.1) is 6.61 Å². The van der Waals surface area contributed by atoms with E-state index < -0.39 is 0 Å². The van der Waals surface area contributed by atoms with Crippen LogP contribution in [0.1, 0.15) is 22.5 Å². The van der Waals surface area contributed by atoms with E-state index in [2.05, 4.69) is 9.97 Å². The van der Waals surface area contributed by atoms with Gasteiger partial charge < -0.3 is 10.8 Å². The summed E-state index contributed by atoms with van der Waals surface area (Å²) in [7, 11) is 0. The van der Waals surface area contributed by atoms with Crippen LogP contribution in [0.15, 0.2) is 30.5 Å². The normalized spacial score (nSPS) is 10.5. The minimum absolute atomic E-state index is 0.0493. The Morgan fingerprint density at radius 2 is 2.06 bits per heavy atom. The van der Waals surface area contributed by atoms with Crippen LogP contribution in [0.5, 0.6) is 0 Å². The molecule has 4 heteroatoms. The van der Waals surface area contributed by atoms with Crippen molar-refractivity contribution in [1.29, 1.82) is 0 Å². The molecule has 0 radical (unpaired) electrons. The van der Waals surface area contributed by atoms with Crippen molar-refractivity contribution in [3.05, 3.63) is 53.0 Å². The van der Waals surface area contributed by atoms with Crippen molar-refractivity contribution in [3.63, 3.8) is 0 Å². The maximum absolute atomic E-state index is 9.07. The third-order valence-electron chi connectivity index (χ3n) is 2.59. The fourth-order valence-corrected chi connectivity index (χ4v) is 1.71. The summed E-state index contributed by atoms with van der Waals surface area (Å²) in [6.45, 7) is 1.86. The van der Waals surface area contributed by atoms with E-state index in [1.807, 2.05) is 31.2 Å². The smallest absolute Gasteiger partial charge is 0.130 e. The van der Waals surface area contributed by atoms with Crippen molar-refractivity contribution >= 4 is 5.82 Å². The van der Waals surface area contributed by atoms with Crippen LogP contribution in [0, 0.1) is 6.92 Å². The summed E-state index contributed by atoms with van der Waals surface area (Å²) in [6, 6.07) is 7.77. The van der Waals surface area contributed by atoms with Crippen LogP contribution in [0.3, 0.4) is 0 Å². The lowest BCUT2D eigenvalue weighted by Crippen LogP contribution is -2.02. The molecule has 1 aromatic carbocycles. The number of hydrogen-bond acceptors (Lipinski definition) is 4. The number of aromatic nitrogens is 2. The molecule has 0 fully saturated rings. The van der Waals surface area contributed by atoms with Crippen LogP contribution in [-0.2, 0) is 13.0 Å². The Morgan fingerprint density at radius 3 is 2.76 bits per heavy atom. The zero-order valence-electron chi connectivity index (χ0n) is 9.72. The van der Waals surface area contributed by atoms with Gasteiger partial charge in [-0.25, -0.2) is 9.97 Å². The first-order valence-corrected chi connectivity index (χ1v) is 5.45. The molecule has 2 aromatic rings. The van der Waals surface area contributed by atoms with Crippen LogP contribution >= 0.6 is 0 Å². The molecule has 0 saturated carbocycles. The summed E-state index contributed by atoms with van der Waals surface area (Å²) in [6.07, 6.45) is 2.43. The highest BCUT2D eigenvalue weighted by Gasteiger charge is 2.04. The van der Waals surface area contributed by atoms with E-state index in [-0.39, 0.29) is 6.61 Å². The third kappa shape index (κ3) is 2.79. The van der Waals surface area contributed by atoms with Gasteiger partial charge in [0.2, 0.25) is 0 Å². The zero-order valence-corrected chi connectivity index (χ0v) is 9.72. The van der Waals surface area contributed by atoms with Gasteiger partial charge >= 0.3 is 0 Å². The summed E-state index contributed by atoms with van der Waals surface area (Å²) >= 11 is 0. The van der Waals surface area contributed by atoms with Crippen molar-refractivity contribution in [2.75, 3.05) is 5.73 Å². The molecule has 0 atom stereocenters. The van der Waals surface area contributed by atoms with Crippen LogP contribution in [0.2, 0.25) is 0 Å². The van der Waals surface area contributed by atoms with Crippen LogP contribution in [0.25, 0.3) is 0 Å². The lowest BCUT2D eigenvalue weighted by atomic mass is 10.0. The van der Waals surface area contributed by atoms with E-state index in [9.17, 15) is 0 Å². The molecule has 1 heterocycles. The number of aliphatic hydroxyl groups is 1. The number of hydrogen-bond donors (Lipinski definition) is 2. The number of nitrogen functional groups attached to an aromatic ring is 1. The average Bonchev–Trinajstić information content (AvgIpc) is 2.33. The zero-order chi connectivity index (χ0) is 12.3. The predicted octanol–water partition coefficient (Wildman–Crippen LogP) is 1.45. The van der Waals surface area contributed by atoms with Crippen molar-refractivity contribution in [2.45, 2.75) is 20.0 Å². The monoisotopic (exact) mass is 229 g/mol. The van der Waals surface area contributed by atoms with E-state index >= 15 is 0 Å². The third-order valence-corrected chi connectivity index (χ3v) is 2.59. The van der Waals surface area contributed by atoms with Crippen LogP contribution in [-0.4, -0.2) is 15.1 Å². The van der Waals surface area contributed by atoms with Gasteiger partial charge in [-0.3, -0.25) is 0 Å². The quantitative estimate of drug-likeness (QED) is 0.835. The van der Waals surface area contributed by atoms with Gasteiger partial charge in [0.25, 0.3) is 0 Å². The number of aryl methyl sites for hydroxylation is 1. The fourth-order valence-electron chi connectivity index (χ4n) is 1.71. The first-order chi connectivity index (χ1) is 8.19. The number of nitrogens with two attached hydrogens (primary N) is 1. The Labute approximate surface area is 100 Å².